The molecule has 0 radical (unpaired) electrons. The number of carbonyl (C=O) groups excluding carboxylic acids is 2. The molecule has 0 unspecified atom stereocenters. The fourth-order valence-electron chi connectivity index (χ4n) is 3.09. The van der Waals surface area contributed by atoms with E-state index >= 15 is 0 Å². The smallest absolute Gasteiger partial charge is 0.254 e. The van der Waals surface area contributed by atoms with E-state index in [0.717, 1.165) is 28.9 Å². The standard InChI is InChI=1S/C19H18F2N2O2/c1-11-7-12(2)9-14(8-11)23-6-5-17(19(23)25)22-18(24)15-4-3-13(20)10-16(15)21/h3-4,7-10,17H,5-6H2,1-2H3,(H,22,24)/t17-/m0/s1. The minimum Gasteiger partial charge on any atom is -0.340 e. The highest BCUT2D eigenvalue weighted by Gasteiger charge is 2.34. The van der Waals surface area contributed by atoms with E-state index in [2.05, 4.69) is 5.32 Å². The number of hydrogen-bond acceptors (Lipinski definition) is 2. The molecule has 4 nitrogen and oxygen atoms in total. The topological polar surface area (TPSA) is 49.4 Å². The molecule has 2 amide bonds. The third kappa shape index (κ3) is 3.52. The Labute approximate surface area is 144 Å². The molecule has 0 aromatic heterocycles. The van der Waals surface area contributed by atoms with Crippen molar-refractivity contribution < 1.29 is 18.4 Å². The second kappa shape index (κ2) is 6.63. The van der Waals surface area contributed by atoms with Crippen LogP contribution in [0.15, 0.2) is 36.4 Å². The molecule has 1 N–H and O–H groups in total. The van der Waals surface area contributed by atoms with E-state index in [1.54, 1.807) is 4.90 Å². The average molecular weight is 344 g/mol. The van der Waals surface area contributed by atoms with E-state index in [1.807, 2.05) is 32.0 Å². The van der Waals surface area contributed by atoms with Gasteiger partial charge in [-0.1, -0.05) is 6.07 Å². The third-order valence-corrected chi connectivity index (χ3v) is 4.20. The van der Waals surface area contributed by atoms with Gasteiger partial charge in [-0.2, -0.15) is 0 Å². The summed E-state index contributed by atoms with van der Waals surface area (Å²) in [6.45, 7) is 4.37. The first kappa shape index (κ1) is 17.1. The number of benzene rings is 2. The Hall–Kier alpha value is -2.76. The first-order valence-corrected chi connectivity index (χ1v) is 8.01. The van der Waals surface area contributed by atoms with Crippen LogP contribution in [0.5, 0.6) is 0 Å². The monoisotopic (exact) mass is 344 g/mol. The molecule has 1 fully saturated rings. The molecule has 0 aliphatic carbocycles. The fourth-order valence-corrected chi connectivity index (χ4v) is 3.09. The summed E-state index contributed by atoms with van der Waals surface area (Å²) in [7, 11) is 0. The number of halogens is 2. The zero-order valence-electron chi connectivity index (χ0n) is 14.0. The van der Waals surface area contributed by atoms with Crippen LogP contribution in [0, 0.1) is 25.5 Å². The molecule has 0 spiro atoms. The van der Waals surface area contributed by atoms with Crippen molar-refractivity contribution in [3.63, 3.8) is 0 Å². The molecule has 0 bridgehead atoms. The molecule has 1 atom stereocenters. The Morgan fingerprint density at radius 2 is 1.80 bits per heavy atom. The number of nitrogens with zero attached hydrogens (tertiary/aromatic N) is 1. The fraction of sp³-hybridized carbons (Fsp3) is 0.263. The summed E-state index contributed by atoms with van der Waals surface area (Å²) in [5.74, 6) is -2.67. The number of nitrogens with one attached hydrogen (secondary N) is 1. The Balaban J connectivity index is 1.74. The molecule has 1 aliphatic heterocycles. The van der Waals surface area contributed by atoms with Crippen LogP contribution in [0.3, 0.4) is 0 Å². The first-order valence-electron chi connectivity index (χ1n) is 8.01. The van der Waals surface area contributed by atoms with Gasteiger partial charge in [0.1, 0.15) is 17.7 Å². The zero-order valence-corrected chi connectivity index (χ0v) is 14.0. The maximum absolute atomic E-state index is 13.7. The summed E-state index contributed by atoms with van der Waals surface area (Å²) < 4.78 is 26.7. The maximum atomic E-state index is 13.7. The summed E-state index contributed by atoms with van der Waals surface area (Å²) >= 11 is 0. The van der Waals surface area contributed by atoms with Crippen molar-refractivity contribution in [2.24, 2.45) is 0 Å². The van der Waals surface area contributed by atoms with Crippen molar-refractivity contribution in [1.82, 2.24) is 5.32 Å². The van der Waals surface area contributed by atoms with Gasteiger partial charge in [-0.05, 0) is 55.7 Å². The number of anilines is 1. The van der Waals surface area contributed by atoms with Gasteiger partial charge in [0, 0.05) is 18.3 Å². The molecular weight excluding hydrogens is 326 g/mol. The van der Waals surface area contributed by atoms with Crippen LogP contribution in [-0.2, 0) is 4.79 Å². The minimum atomic E-state index is -0.950. The second-order valence-electron chi connectivity index (χ2n) is 6.27. The zero-order chi connectivity index (χ0) is 18.1. The molecule has 1 aliphatic rings. The Bertz CT molecular complexity index is 831. The molecule has 6 heteroatoms. The lowest BCUT2D eigenvalue weighted by Crippen LogP contribution is -2.41. The molecular formula is C19H18F2N2O2. The SMILES string of the molecule is Cc1cc(C)cc(N2CC[C@H](NC(=O)c3ccc(F)cc3F)C2=O)c1. The summed E-state index contributed by atoms with van der Waals surface area (Å²) in [5, 5.41) is 2.54. The highest BCUT2D eigenvalue weighted by Crippen LogP contribution is 2.24. The van der Waals surface area contributed by atoms with Crippen LogP contribution in [0.2, 0.25) is 0 Å². The number of carbonyl (C=O) groups is 2. The molecule has 2 aromatic carbocycles. The number of rotatable bonds is 3. The Morgan fingerprint density at radius 3 is 2.44 bits per heavy atom. The van der Waals surface area contributed by atoms with Gasteiger partial charge < -0.3 is 10.2 Å². The minimum absolute atomic E-state index is 0.235. The van der Waals surface area contributed by atoms with Gasteiger partial charge in [-0.3, -0.25) is 9.59 Å². The van der Waals surface area contributed by atoms with Crippen LogP contribution >= 0.6 is 0 Å². The number of amides is 2. The van der Waals surface area contributed by atoms with Crippen molar-refractivity contribution in [1.29, 1.82) is 0 Å². The molecule has 0 saturated carbocycles. The normalized spacial score (nSPS) is 17.0. The molecule has 25 heavy (non-hydrogen) atoms. The van der Waals surface area contributed by atoms with Gasteiger partial charge in [-0.15, -0.1) is 0 Å². The third-order valence-electron chi connectivity index (χ3n) is 4.20. The predicted molar refractivity (Wildman–Crippen MR) is 90.5 cm³/mol. The lowest BCUT2D eigenvalue weighted by molar-refractivity contribution is -0.118. The number of aryl methyl sites for hydroxylation is 2. The molecule has 3 rings (SSSR count). The summed E-state index contributed by atoms with van der Waals surface area (Å²) in [6.07, 6.45) is 0.431. The van der Waals surface area contributed by atoms with Gasteiger partial charge in [-0.25, -0.2) is 8.78 Å². The van der Waals surface area contributed by atoms with Crippen molar-refractivity contribution in [2.75, 3.05) is 11.4 Å². The van der Waals surface area contributed by atoms with E-state index < -0.39 is 23.6 Å². The van der Waals surface area contributed by atoms with Gasteiger partial charge in [0.05, 0.1) is 5.56 Å². The van der Waals surface area contributed by atoms with Crippen LogP contribution in [0.1, 0.15) is 27.9 Å². The highest BCUT2D eigenvalue weighted by molar-refractivity contribution is 6.04. The largest absolute Gasteiger partial charge is 0.340 e. The quantitative estimate of drug-likeness (QED) is 0.930. The van der Waals surface area contributed by atoms with Crippen molar-refractivity contribution >= 4 is 17.5 Å². The van der Waals surface area contributed by atoms with E-state index in [1.165, 1.54) is 0 Å². The average Bonchev–Trinajstić information content (AvgIpc) is 2.87. The summed E-state index contributed by atoms with van der Waals surface area (Å²) in [4.78, 5) is 26.4. The predicted octanol–water partition coefficient (Wildman–Crippen LogP) is 3.12. The van der Waals surface area contributed by atoms with Gasteiger partial charge in [0.25, 0.3) is 5.91 Å². The molecule has 130 valence electrons. The molecule has 1 saturated heterocycles. The van der Waals surface area contributed by atoms with Crippen LogP contribution in [0.25, 0.3) is 0 Å². The molecule has 2 aromatic rings. The van der Waals surface area contributed by atoms with Crippen LogP contribution in [0.4, 0.5) is 14.5 Å². The summed E-state index contributed by atoms with van der Waals surface area (Å²) in [6, 6.07) is 7.84. The molecule has 1 heterocycles. The van der Waals surface area contributed by atoms with Crippen LogP contribution in [-0.4, -0.2) is 24.4 Å². The Morgan fingerprint density at radius 1 is 1.12 bits per heavy atom. The summed E-state index contributed by atoms with van der Waals surface area (Å²) in [5.41, 5.74) is 2.60. The van der Waals surface area contributed by atoms with Gasteiger partial charge in [0.15, 0.2) is 0 Å². The first-order chi connectivity index (χ1) is 11.8. The van der Waals surface area contributed by atoms with Crippen LogP contribution < -0.4 is 10.2 Å². The van der Waals surface area contributed by atoms with Crippen molar-refractivity contribution in [3.8, 4) is 0 Å². The highest BCUT2D eigenvalue weighted by atomic mass is 19.1. The van der Waals surface area contributed by atoms with E-state index in [9.17, 15) is 18.4 Å². The Kier molecular flexibility index (Phi) is 4.53. The van der Waals surface area contributed by atoms with Gasteiger partial charge in [0.2, 0.25) is 5.91 Å². The maximum Gasteiger partial charge on any atom is 0.254 e. The van der Waals surface area contributed by atoms with Gasteiger partial charge >= 0.3 is 0 Å². The van der Waals surface area contributed by atoms with E-state index in [-0.39, 0.29) is 11.5 Å². The lowest BCUT2D eigenvalue weighted by atomic mass is 10.1. The van der Waals surface area contributed by atoms with Crippen molar-refractivity contribution in [2.45, 2.75) is 26.3 Å². The van der Waals surface area contributed by atoms with E-state index in [0.29, 0.717) is 19.0 Å². The number of hydrogen-bond donors (Lipinski definition) is 1. The van der Waals surface area contributed by atoms with Crippen molar-refractivity contribution in [3.05, 3.63) is 64.7 Å². The van der Waals surface area contributed by atoms with E-state index in [4.69, 9.17) is 0 Å². The second-order valence-corrected chi connectivity index (χ2v) is 6.27. The lowest BCUT2D eigenvalue weighted by Gasteiger charge is -2.18.